The Balaban J connectivity index is 1.64. The first kappa shape index (κ1) is 21.3. The van der Waals surface area contributed by atoms with Crippen molar-refractivity contribution in [1.82, 2.24) is 9.80 Å². The Labute approximate surface area is 183 Å². The number of carbonyl (C=O) groups excluding carboxylic acids is 2. The van der Waals surface area contributed by atoms with E-state index in [-0.39, 0.29) is 11.8 Å². The average molecular weight is 420 g/mol. The molecule has 2 heterocycles. The van der Waals surface area contributed by atoms with E-state index < -0.39 is 0 Å². The molecule has 0 saturated carbocycles. The van der Waals surface area contributed by atoms with Crippen LogP contribution in [0.1, 0.15) is 22.3 Å². The summed E-state index contributed by atoms with van der Waals surface area (Å²) in [6.07, 6.45) is 0. The smallest absolute Gasteiger partial charge is 0.278 e. The van der Waals surface area contributed by atoms with Crippen molar-refractivity contribution >= 4 is 23.1 Å². The number of rotatable bonds is 6. The van der Waals surface area contributed by atoms with Crippen LogP contribution in [-0.4, -0.2) is 61.0 Å². The maximum Gasteiger partial charge on any atom is 0.278 e. The van der Waals surface area contributed by atoms with Crippen molar-refractivity contribution in [2.75, 3.05) is 44.7 Å². The molecule has 6 heteroatoms. The molecule has 0 aliphatic carbocycles. The Kier molecular flexibility index (Phi) is 6.20. The Morgan fingerprint density at radius 1 is 0.871 bits per heavy atom. The number of anilines is 1. The van der Waals surface area contributed by atoms with Gasteiger partial charge in [-0.25, -0.2) is 0 Å². The molecule has 2 aliphatic rings. The van der Waals surface area contributed by atoms with Crippen LogP contribution in [0.5, 0.6) is 0 Å². The lowest BCUT2D eigenvalue weighted by molar-refractivity contribution is -0.137. The van der Waals surface area contributed by atoms with Gasteiger partial charge in [0.2, 0.25) is 0 Å². The molecule has 2 amide bonds. The highest BCUT2D eigenvalue weighted by Gasteiger charge is 2.39. The first-order chi connectivity index (χ1) is 14.9. The van der Waals surface area contributed by atoms with Crippen LogP contribution in [0.3, 0.4) is 0 Å². The summed E-state index contributed by atoms with van der Waals surface area (Å²) in [6, 6.07) is 13.8. The Morgan fingerprint density at radius 2 is 1.55 bits per heavy atom. The molecule has 1 fully saturated rings. The Hall–Kier alpha value is -2.96. The van der Waals surface area contributed by atoms with E-state index >= 15 is 0 Å². The quantitative estimate of drug-likeness (QED) is 0.729. The lowest BCUT2D eigenvalue weighted by Gasteiger charge is -2.28. The number of hydrogen-bond acceptors (Lipinski definition) is 5. The van der Waals surface area contributed by atoms with Crippen LogP contribution in [0.4, 0.5) is 5.69 Å². The molecule has 0 aromatic heterocycles. The van der Waals surface area contributed by atoms with Crippen LogP contribution in [0.15, 0.2) is 48.2 Å². The van der Waals surface area contributed by atoms with Gasteiger partial charge in [0, 0.05) is 31.9 Å². The molecule has 6 nitrogen and oxygen atoms in total. The van der Waals surface area contributed by atoms with Gasteiger partial charge in [0.15, 0.2) is 0 Å². The van der Waals surface area contributed by atoms with Crippen molar-refractivity contribution in [1.29, 1.82) is 0 Å². The third-order valence-corrected chi connectivity index (χ3v) is 5.89. The number of imide groups is 1. The van der Waals surface area contributed by atoms with E-state index in [1.807, 2.05) is 57.2 Å². The molecule has 0 spiro atoms. The number of benzene rings is 2. The van der Waals surface area contributed by atoms with E-state index in [0.29, 0.717) is 37.6 Å². The van der Waals surface area contributed by atoms with E-state index in [9.17, 15) is 9.59 Å². The van der Waals surface area contributed by atoms with E-state index in [1.54, 1.807) is 0 Å². The number of carbonyl (C=O) groups is 2. The summed E-state index contributed by atoms with van der Waals surface area (Å²) < 4.78 is 5.39. The van der Waals surface area contributed by atoms with Crippen molar-refractivity contribution in [3.8, 4) is 0 Å². The van der Waals surface area contributed by atoms with E-state index in [1.165, 1.54) is 4.90 Å². The monoisotopic (exact) mass is 419 g/mol. The summed E-state index contributed by atoms with van der Waals surface area (Å²) in [5, 5.41) is 3.28. The van der Waals surface area contributed by atoms with E-state index in [4.69, 9.17) is 4.74 Å². The highest BCUT2D eigenvalue weighted by atomic mass is 16.5. The summed E-state index contributed by atoms with van der Waals surface area (Å²) in [5.74, 6) is -0.511. The zero-order valence-electron chi connectivity index (χ0n) is 18.4. The van der Waals surface area contributed by atoms with Gasteiger partial charge in [-0.3, -0.25) is 19.4 Å². The lowest BCUT2D eigenvalue weighted by atomic mass is 10.0. The molecule has 0 radical (unpaired) electrons. The van der Waals surface area contributed by atoms with Crippen LogP contribution in [-0.2, 0) is 14.3 Å². The summed E-state index contributed by atoms with van der Waals surface area (Å²) in [6.45, 7) is 10.1. The minimum atomic E-state index is -0.270. The number of nitrogens with zero attached hydrogens (tertiary/aromatic N) is 2. The zero-order valence-corrected chi connectivity index (χ0v) is 18.4. The maximum absolute atomic E-state index is 13.4. The van der Waals surface area contributed by atoms with Crippen molar-refractivity contribution in [3.05, 3.63) is 70.4 Å². The van der Waals surface area contributed by atoms with Gasteiger partial charge in [-0.1, -0.05) is 47.5 Å². The van der Waals surface area contributed by atoms with Gasteiger partial charge in [-0.15, -0.1) is 0 Å². The predicted molar refractivity (Wildman–Crippen MR) is 122 cm³/mol. The molecule has 2 aromatic rings. The second-order valence-electron chi connectivity index (χ2n) is 8.28. The molecule has 162 valence electrons. The molecule has 2 aliphatic heterocycles. The first-order valence-corrected chi connectivity index (χ1v) is 10.8. The third kappa shape index (κ3) is 4.55. The predicted octanol–water partition coefficient (Wildman–Crippen LogP) is 3.14. The summed E-state index contributed by atoms with van der Waals surface area (Å²) in [4.78, 5) is 30.3. The first-order valence-electron chi connectivity index (χ1n) is 10.8. The highest BCUT2D eigenvalue weighted by molar-refractivity contribution is 6.36. The Bertz CT molecular complexity index is 1020. The van der Waals surface area contributed by atoms with Gasteiger partial charge in [0.25, 0.3) is 11.8 Å². The molecule has 31 heavy (non-hydrogen) atoms. The molecule has 1 N–H and O–H groups in total. The minimum absolute atomic E-state index is 0.241. The fourth-order valence-corrected chi connectivity index (χ4v) is 4.04. The molecule has 0 unspecified atom stereocenters. The van der Waals surface area contributed by atoms with Crippen LogP contribution >= 0.6 is 0 Å². The van der Waals surface area contributed by atoms with Crippen molar-refractivity contribution in [3.63, 3.8) is 0 Å². The normalized spacial score (nSPS) is 17.6. The molecule has 1 saturated heterocycles. The highest BCUT2D eigenvalue weighted by Crippen LogP contribution is 2.31. The fraction of sp³-hybridized carbons (Fsp3) is 0.360. The van der Waals surface area contributed by atoms with Crippen molar-refractivity contribution in [2.24, 2.45) is 0 Å². The second-order valence-corrected chi connectivity index (χ2v) is 8.28. The Morgan fingerprint density at radius 3 is 2.23 bits per heavy atom. The SMILES string of the molecule is Cc1ccc(C2=C(Nc3ccc(C)cc3C)C(=O)N(CCN3CCOCC3)C2=O)cc1. The third-order valence-electron chi connectivity index (χ3n) is 5.89. The summed E-state index contributed by atoms with van der Waals surface area (Å²) >= 11 is 0. The fourth-order valence-electron chi connectivity index (χ4n) is 4.04. The van der Waals surface area contributed by atoms with Crippen LogP contribution in [0.25, 0.3) is 5.57 Å². The lowest BCUT2D eigenvalue weighted by Crippen LogP contribution is -2.43. The van der Waals surface area contributed by atoms with Gasteiger partial charge in [0.1, 0.15) is 5.70 Å². The van der Waals surface area contributed by atoms with Gasteiger partial charge in [-0.05, 0) is 38.0 Å². The number of hydrogen-bond donors (Lipinski definition) is 1. The molecule has 2 aromatic carbocycles. The average Bonchev–Trinajstić information content (AvgIpc) is 2.99. The van der Waals surface area contributed by atoms with E-state index in [2.05, 4.69) is 16.3 Å². The van der Waals surface area contributed by atoms with Gasteiger partial charge < -0.3 is 10.1 Å². The zero-order chi connectivity index (χ0) is 22.0. The molecule has 0 atom stereocenters. The number of aryl methyl sites for hydroxylation is 3. The number of morpholine rings is 1. The van der Waals surface area contributed by atoms with Crippen molar-refractivity contribution in [2.45, 2.75) is 20.8 Å². The summed E-state index contributed by atoms with van der Waals surface area (Å²) in [5.41, 5.74) is 5.66. The van der Waals surface area contributed by atoms with Gasteiger partial charge >= 0.3 is 0 Å². The topological polar surface area (TPSA) is 61.9 Å². The van der Waals surface area contributed by atoms with Crippen LogP contribution in [0, 0.1) is 20.8 Å². The largest absolute Gasteiger partial charge is 0.379 e. The van der Waals surface area contributed by atoms with Gasteiger partial charge in [0.05, 0.1) is 18.8 Å². The number of ether oxygens (including phenoxy) is 1. The molecule has 0 bridgehead atoms. The van der Waals surface area contributed by atoms with Crippen LogP contribution < -0.4 is 5.32 Å². The number of amides is 2. The molecular weight excluding hydrogens is 390 g/mol. The molecular formula is C25H29N3O3. The molecule has 4 rings (SSSR count). The van der Waals surface area contributed by atoms with Crippen molar-refractivity contribution < 1.29 is 14.3 Å². The van der Waals surface area contributed by atoms with E-state index in [0.717, 1.165) is 41.0 Å². The second kappa shape index (κ2) is 9.04. The maximum atomic E-state index is 13.4. The standard InChI is InChI=1S/C25H29N3O3/c1-17-4-7-20(8-5-17)22-23(26-21-9-6-18(2)16-19(21)3)25(30)28(24(22)29)11-10-27-12-14-31-15-13-27/h4-9,16,26H,10-15H2,1-3H3. The summed E-state index contributed by atoms with van der Waals surface area (Å²) in [7, 11) is 0. The van der Waals surface area contributed by atoms with Gasteiger partial charge in [-0.2, -0.15) is 0 Å². The van der Waals surface area contributed by atoms with Crippen LogP contribution in [0.2, 0.25) is 0 Å². The minimum Gasteiger partial charge on any atom is -0.379 e. The number of nitrogens with one attached hydrogen (secondary N) is 1.